The minimum atomic E-state index is 0.116. The zero-order valence-electron chi connectivity index (χ0n) is 8.48. The van der Waals surface area contributed by atoms with Gasteiger partial charge in [0.15, 0.2) is 0 Å². The SMILES string of the molecule is O=C(C1CCN=NC1)N1CCCCC1. The van der Waals surface area contributed by atoms with E-state index in [-0.39, 0.29) is 5.92 Å². The van der Waals surface area contributed by atoms with Gasteiger partial charge in [0.25, 0.3) is 0 Å². The maximum Gasteiger partial charge on any atom is 0.227 e. The summed E-state index contributed by atoms with van der Waals surface area (Å²) in [6.45, 7) is 3.23. The Morgan fingerprint density at radius 3 is 2.57 bits per heavy atom. The number of carbonyl (C=O) groups excluding carboxylic acids is 1. The summed E-state index contributed by atoms with van der Waals surface area (Å²) in [4.78, 5) is 14.0. The Morgan fingerprint density at radius 1 is 1.14 bits per heavy atom. The van der Waals surface area contributed by atoms with Crippen LogP contribution in [0.3, 0.4) is 0 Å². The molecule has 4 nitrogen and oxygen atoms in total. The van der Waals surface area contributed by atoms with Gasteiger partial charge in [-0.05, 0) is 25.7 Å². The fraction of sp³-hybridized carbons (Fsp3) is 0.900. The molecule has 0 spiro atoms. The van der Waals surface area contributed by atoms with Gasteiger partial charge in [-0.2, -0.15) is 10.2 Å². The van der Waals surface area contributed by atoms with E-state index in [1.54, 1.807) is 0 Å². The number of nitrogens with zero attached hydrogens (tertiary/aromatic N) is 3. The normalized spacial score (nSPS) is 27.7. The highest BCUT2D eigenvalue weighted by Crippen LogP contribution is 2.17. The minimum Gasteiger partial charge on any atom is -0.342 e. The molecule has 0 aromatic heterocycles. The van der Waals surface area contributed by atoms with Crippen LogP contribution in [0.25, 0.3) is 0 Å². The van der Waals surface area contributed by atoms with E-state index in [9.17, 15) is 4.79 Å². The van der Waals surface area contributed by atoms with Crippen LogP contribution >= 0.6 is 0 Å². The van der Waals surface area contributed by atoms with Crippen LogP contribution < -0.4 is 0 Å². The third kappa shape index (κ3) is 2.11. The van der Waals surface area contributed by atoms with Crippen molar-refractivity contribution < 1.29 is 4.79 Å². The van der Waals surface area contributed by atoms with Crippen LogP contribution in [0.5, 0.6) is 0 Å². The lowest BCUT2D eigenvalue weighted by atomic mass is 10.0. The fourth-order valence-corrected chi connectivity index (χ4v) is 2.11. The van der Waals surface area contributed by atoms with Crippen molar-refractivity contribution in [2.45, 2.75) is 25.7 Å². The highest BCUT2D eigenvalue weighted by molar-refractivity contribution is 5.79. The Kier molecular flexibility index (Phi) is 3.11. The topological polar surface area (TPSA) is 45.0 Å². The first-order chi connectivity index (χ1) is 6.88. The van der Waals surface area contributed by atoms with E-state index < -0.39 is 0 Å². The van der Waals surface area contributed by atoms with Crippen LogP contribution in [0.15, 0.2) is 10.2 Å². The number of hydrogen-bond donors (Lipinski definition) is 0. The van der Waals surface area contributed by atoms with Gasteiger partial charge in [-0.3, -0.25) is 4.79 Å². The van der Waals surface area contributed by atoms with Gasteiger partial charge in [0.05, 0.1) is 19.0 Å². The van der Waals surface area contributed by atoms with Crippen molar-refractivity contribution in [3.8, 4) is 0 Å². The molecule has 0 radical (unpaired) electrons. The number of carbonyl (C=O) groups is 1. The average molecular weight is 195 g/mol. The van der Waals surface area contributed by atoms with Crippen molar-refractivity contribution in [1.29, 1.82) is 0 Å². The van der Waals surface area contributed by atoms with Crippen LogP contribution in [-0.4, -0.2) is 37.0 Å². The van der Waals surface area contributed by atoms with E-state index in [2.05, 4.69) is 10.2 Å². The maximum absolute atomic E-state index is 12.0. The molecule has 14 heavy (non-hydrogen) atoms. The molecule has 1 fully saturated rings. The zero-order valence-corrected chi connectivity index (χ0v) is 8.48. The molecule has 1 atom stereocenters. The zero-order chi connectivity index (χ0) is 9.80. The minimum absolute atomic E-state index is 0.116. The van der Waals surface area contributed by atoms with Gasteiger partial charge in [-0.1, -0.05) is 0 Å². The Balaban J connectivity index is 1.89. The van der Waals surface area contributed by atoms with Crippen molar-refractivity contribution in [2.24, 2.45) is 16.1 Å². The summed E-state index contributed by atoms with van der Waals surface area (Å²) in [6.07, 6.45) is 4.49. The molecule has 0 saturated carbocycles. The summed E-state index contributed by atoms with van der Waals surface area (Å²) < 4.78 is 0. The molecule has 2 aliphatic rings. The number of azo groups is 1. The lowest BCUT2D eigenvalue weighted by Crippen LogP contribution is -2.41. The molecule has 1 unspecified atom stereocenters. The Bertz CT molecular complexity index is 234. The summed E-state index contributed by atoms with van der Waals surface area (Å²) in [5.74, 6) is 0.425. The molecule has 0 aliphatic carbocycles. The van der Waals surface area contributed by atoms with E-state index in [0.717, 1.165) is 26.1 Å². The third-order valence-corrected chi connectivity index (χ3v) is 3.00. The molecule has 0 aromatic carbocycles. The average Bonchev–Trinajstić information content (AvgIpc) is 2.30. The van der Waals surface area contributed by atoms with Gasteiger partial charge in [0.2, 0.25) is 5.91 Å². The van der Waals surface area contributed by atoms with E-state index in [1.807, 2.05) is 4.90 Å². The van der Waals surface area contributed by atoms with E-state index in [1.165, 1.54) is 19.3 Å². The molecule has 0 aromatic rings. The maximum atomic E-state index is 12.0. The first-order valence-electron chi connectivity index (χ1n) is 5.50. The second kappa shape index (κ2) is 4.53. The van der Waals surface area contributed by atoms with Gasteiger partial charge >= 0.3 is 0 Å². The van der Waals surface area contributed by atoms with E-state index >= 15 is 0 Å². The standard InChI is InChI=1S/C10H17N3O/c14-10(9-4-5-11-12-8-9)13-6-2-1-3-7-13/h9H,1-8H2. The van der Waals surface area contributed by atoms with Gasteiger partial charge in [-0.15, -0.1) is 0 Å². The molecule has 1 amide bonds. The monoisotopic (exact) mass is 195 g/mol. The number of piperidine rings is 1. The highest BCUT2D eigenvalue weighted by Gasteiger charge is 2.26. The smallest absolute Gasteiger partial charge is 0.227 e. The first kappa shape index (κ1) is 9.62. The Morgan fingerprint density at radius 2 is 1.93 bits per heavy atom. The summed E-state index contributed by atoms with van der Waals surface area (Å²) in [5, 5.41) is 7.86. The van der Waals surface area contributed by atoms with Crippen LogP contribution in [0.2, 0.25) is 0 Å². The second-order valence-electron chi connectivity index (χ2n) is 4.06. The molecule has 2 rings (SSSR count). The van der Waals surface area contributed by atoms with Crippen molar-refractivity contribution in [1.82, 2.24) is 4.90 Å². The molecule has 1 saturated heterocycles. The number of amides is 1. The summed E-state index contributed by atoms with van der Waals surface area (Å²) in [7, 11) is 0. The van der Waals surface area contributed by atoms with Gasteiger partial charge < -0.3 is 4.90 Å². The van der Waals surface area contributed by atoms with Crippen molar-refractivity contribution in [2.75, 3.05) is 26.2 Å². The predicted octanol–water partition coefficient (Wildman–Crippen LogP) is 1.47. The van der Waals surface area contributed by atoms with Crippen molar-refractivity contribution >= 4 is 5.91 Å². The van der Waals surface area contributed by atoms with E-state index in [0.29, 0.717) is 12.5 Å². The Labute approximate surface area is 84.4 Å². The summed E-state index contributed by atoms with van der Waals surface area (Å²) in [5.41, 5.74) is 0. The lowest BCUT2D eigenvalue weighted by Gasteiger charge is -2.30. The largest absolute Gasteiger partial charge is 0.342 e. The van der Waals surface area contributed by atoms with Crippen molar-refractivity contribution in [3.05, 3.63) is 0 Å². The summed E-state index contributed by atoms with van der Waals surface area (Å²) >= 11 is 0. The quantitative estimate of drug-likeness (QED) is 0.625. The molecule has 0 N–H and O–H groups in total. The molecular formula is C10H17N3O. The number of likely N-dealkylation sites (tertiary alicyclic amines) is 1. The number of rotatable bonds is 1. The molecule has 2 aliphatic heterocycles. The van der Waals surface area contributed by atoms with Crippen LogP contribution in [-0.2, 0) is 4.79 Å². The molecule has 0 bridgehead atoms. The molecule has 2 heterocycles. The predicted molar refractivity (Wildman–Crippen MR) is 53.1 cm³/mol. The van der Waals surface area contributed by atoms with Crippen LogP contribution in [0.4, 0.5) is 0 Å². The molecule has 4 heteroatoms. The van der Waals surface area contributed by atoms with Crippen LogP contribution in [0.1, 0.15) is 25.7 Å². The van der Waals surface area contributed by atoms with Crippen LogP contribution in [0, 0.1) is 5.92 Å². The third-order valence-electron chi connectivity index (χ3n) is 3.00. The van der Waals surface area contributed by atoms with Gasteiger partial charge in [0.1, 0.15) is 0 Å². The van der Waals surface area contributed by atoms with Gasteiger partial charge in [0, 0.05) is 13.1 Å². The lowest BCUT2D eigenvalue weighted by molar-refractivity contribution is -0.136. The highest BCUT2D eigenvalue weighted by atomic mass is 16.2. The first-order valence-corrected chi connectivity index (χ1v) is 5.50. The summed E-state index contributed by atoms with van der Waals surface area (Å²) in [6, 6.07) is 0. The van der Waals surface area contributed by atoms with Crippen molar-refractivity contribution in [3.63, 3.8) is 0 Å². The van der Waals surface area contributed by atoms with E-state index in [4.69, 9.17) is 0 Å². The Hall–Kier alpha value is -0.930. The second-order valence-corrected chi connectivity index (χ2v) is 4.06. The van der Waals surface area contributed by atoms with Gasteiger partial charge in [-0.25, -0.2) is 0 Å². The molecule has 78 valence electrons. The number of hydrogen-bond acceptors (Lipinski definition) is 3. The fourth-order valence-electron chi connectivity index (χ4n) is 2.11. The molecular weight excluding hydrogens is 178 g/mol.